The van der Waals surface area contributed by atoms with Crippen LogP contribution in [0.5, 0.6) is 0 Å². The summed E-state index contributed by atoms with van der Waals surface area (Å²) in [5.74, 6) is 0. The molecule has 0 amide bonds. The molecule has 0 N–H and O–H groups in total. The molecule has 1 aromatic carbocycles. The second-order valence-electron chi connectivity index (χ2n) is 4.45. The highest BCUT2D eigenvalue weighted by molar-refractivity contribution is 7.91. The summed E-state index contributed by atoms with van der Waals surface area (Å²) in [5, 5.41) is 12.5. The number of nitro benzene ring substituents is 1. The predicted molar refractivity (Wildman–Crippen MR) is 85.2 cm³/mol. The van der Waals surface area contributed by atoms with E-state index in [4.69, 9.17) is 0 Å². The number of hydrogen-bond donors (Lipinski definition) is 0. The molecule has 0 radical (unpaired) electrons. The first-order valence-electron chi connectivity index (χ1n) is 6.33. The first-order chi connectivity index (χ1) is 10.4. The van der Waals surface area contributed by atoms with Gasteiger partial charge in [-0.1, -0.05) is 24.3 Å². The third-order valence-corrected chi connectivity index (χ3v) is 6.09. The molecular weight excluding hydrogens is 324 g/mol. The molecule has 0 bridgehead atoms. The van der Waals surface area contributed by atoms with Crippen LogP contribution in [0.1, 0.15) is 5.56 Å². The highest BCUT2D eigenvalue weighted by atomic mass is 32.2. The Morgan fingerprint density at radius 1 is 1.32 bits per heavy atom. The van der Waals surface area contributed by atoms with Gasteiger partial charge in [-0.15, -0.1) is 17.9 Å². The van der Waals surface area contributed by atoms with Crippen LogP contribution in [-0.2, 0) is 16.6 Å². The fraction of sp³-hybridized carbons (Fsp3) is 0.143. The standard InChI is InChI=1S/C14H14N2O4S2/c1-2-8-15(22(19,20)14-7-4-9-21-14)11-12-5-3-6-13(10-12)16(17)18/h2-7,9-10H,1,8,11H2. The molecule has 1 heterocycles. The SMILES string of the molecule is C=CCN(Cc1cccc([N+](=O)[O-])c1)S(=O)(=O)c1cccs1. The van der Waals surface area contributed by atoms with Gasteiger partial charge in [0.05, 0.1) is 4.92 Å². The second-order valence-corrected chi connectivity index (χ2v) is 7.56. The average Bonchev–Trinajstić information content (AvgIpc) is 3.02. The first-order valence-corrected chi connectivity index (χ1v) is 8.65. The molecule has 0 fully saturated rings. The normalized spacial score (nSPS) is 11.5. The summed E-state index contributed by atoms with van der Waals surface area (Å²) >= 11 is 1.13. The van der Waals surface area contributed by atoms with Gasteiger partial charge in [0.1, 0.15) is 4.21 Å². The van der Waals surface area contributed by atoms with E-state index in [1.54, 1.807) is 17.5 Å². The van der Waals surface area contributed by atoms with Crippen LogP contribution in [0.25, 0.3) is 0 Å². The number of non-ortho nitro benzene ring substituents is 1. The number of thiophene rings is 1. The monoisotopic (exact) mass is 338 g/mol. The van der Waals surface area contributed by atoms with Gasteiger partial charge in [-0.25, -0.2) is 8.42 Å². The van der Waals surface area contributed by atoms with E-state index in [0.29, 0.717) is 5.56 Å². The van der Waals surface area contributed by atoms with Gasteiger partial charge in [0.2, 0.25) is 0 Å². The molecular formula is C14H14N2O4S2. The van der Waals surface area contributed by atoms with Gasteiger partial charge in [0, 0.05) is 25.2 Å². The fourth-order valence-electron chi connectivity index (χ4n) is 1.90. The molecule has 0 spiro atoms. The van der Waals surface area contributed by atoms with E-state index in [0.717, 1.165) is 11.3 Å². The lowest BCUT2D eigenvalue weighted by atomic mass is 10.2. The van der Waals surface area contributed by atoms with Gasteiger partial charge >= 0.3 is 0 Å². The van der Waals surface area contributed by atoms with Crippen molar-refractivity contribution in [2.45, 2.75) is 10.8 Å². The summed E-state index contributed by atoms with van der Waals surface area (Å²) in [7, 11) is -3.64. The van der Waals surface area contributed by atoms with Crippen LogP contribution < -0.4 is 0 Å². The summed E-state index contributed by atoms with van der Waals surface area (Å²) in [5.41, 5.74) is 0.487. The van der Waals surface area contributed by atoms with Gasteiger partial charge in [0.15, 0.2) is 0 Å². The van der Waals surface area contributed by atoms with E-state index in [9.17, 15) is 18.5 Å². The van der Waals surface area contributed by atoms with Crippen LogP contribution in [-0.4, -0.2) is 24.2 Å². The zero-order valence-electron chi connectivity index (χ0n) is 11.6. The number of benzene rings is 1. The highest BCUT2D eigenvalue weighted by Gasteiger charge is 2.25. The molecule has 2 rings (SSSR count). The van der Waals surface area contributed by atoms with Gasteiger partial charge in [-0.2, -0.15) is 4.31 Å². The maximum Gasteiger partial charge on any atom is 0.269 e. The van der Waals surface area contributed by atoms with Crippen LogP contribution in [0.2, 0.25) is 0 Å². The van der Waals surface area contributed by atoms with Crippen molar-refractivity contribution in [3.05, 3.63) is 70.1 Å². The maximum absolute atomic E-state index is 12.6. The van der Waals surface area contributed by atoms with E-state index in [1.165, 1.54) is 34.6 Å². The molecule has 0 saturated carbocycles. The molecule has 0 saturated heterocycles. The lowest BCUT2D eigenvalue weighted by Gasteiger charge is -2.19. The number of hydrogen-bond acceptors (Lipinski definition) is 5. The molecule has 0 aliphatic rings. The van der Waals surface area contributed by atoms with Gasteiger partial charge in [-0.3, -0.25) is 10.1 Å². The number of sulfonamides is 1. The minimum absolute atomic E-state index is 0.0495. The van der Waals surface area contributed by atoms with Crippen molar-refractivity contribution < 1.29 is 13.3 Å². The lowest BCUT2D eigenvalue weighted by Crippen LogP contribution is -2.30. The molecule has 0 unspecified atom stereocenters. The Hall–Kier alpha value is -2.03. The predicted octanol–water partition coefficient (Wildman–Crippen LogP) is 3.03. The van der Waals surface area contributed by atoms with E-state index >= 15 is 0 Å². The van der Waals surface area contributed by atoms with Crippen LogP contribution in [0.15, 0.2) is 58.6 Å². The second kappa shape index (κ2) is 6.82. The lowest BCUT2D eigenvalue weighted by molar-refractivity contribution is -0.384. The fourth-order valence-corrected chi connectivity index (χ4v) is 4.44. The highest BCUT2D eigenvalue weighted by Crippen LogP contribution is 2.23. The van der Waals surface area contributed by atoms with Gasteiger partial charge in [0.25, 0.3) is 15.7 Å². The zero-order chi connectivity index (χ0) is 16.2. The number of nitrogens with zero attached hydrogens (tertiary/aromatic N) is 2. The molecule has 0 atom stereocenters. The largest absolute Gasteiger partial charge is 0.269 e. The summed E-state index contributed by atoms with van der Waals surface area (Å²) in [6, 6.07) is 9.14. The topological polar surface area (TPSA) is 80.5 Å². The van der Waals surface area contributed by atoms with E-state index in [-0.39, 0.29) is 23.0 Å². The van der Waals surface area contributed by atoms with Gasteiger partial charge in [-0.05, 0) is 17.0 Å². The Bertz CT molecular complexity index is 770. The van der Waals surface area contributed by atoms with E-state index in [2.05, 4.69) is 6.58 Å². The quantitative estimate of drug-likeness (QED) is 0.441. The van der Waals surface area contributed by atoms with Crippen molar-refractivity contribution in [1.82, 2.24) is 4.31 Å². The van der Waals surface area contributed by atoms with Crippen molar-refractivity contribution in [2.75, 3.05) is 6.54 Å². The number of nitro groups is 1. The van der Waals surface area contributed by atoms with Crippen molar-refractivity contribution in [3.8, 4) is 0 Å². The Kier molecular flexibility index (Phi) is 5.07. The Labute approximate surface area is 132 Å². The van der Waals surface area contributed by atoms with Crippen molar-refractivity contribution in [1.29, 1.82) is 0 Å². The van der Waals surface area contributed by atoms with E-state index < -0.39 is 14.9 Å². The van der Waals surface area contributed by atoms with Crippen molar-refractivity contribution in [3.63, 3.8) is 0 Å². The summed E-state index contributed by atoms with van der Waals surface area (Å²) in [6.45, 7) is 3.75. The Morgan fingerprint density at radius 2 is 2.09 bits per heavy atom. The Balaban J connectivity index is 2.32. The Morgan fingerprint density at radius 3 is 2.68 bits per heavy atom. The summed E-state index contributed by atoms with van der Waals surface area (Å²) in [4.78, 5) is 10.3. The smallest absolute Gasteiger partial charge is 0.258 e. The molecule has 22 heavy (non-hydrogen) atoms. The summed E-state index contributed by atoms with van der Waals surface area (Å²) < 4.78 is 26.6. The molecule has 8 heteroatoms. The van der Waals surface area contributed by atoms with E-state index in [1.807, 2.05) is 0 Å². The minimum Gasteiger partial charge on any atom is -0.258 e. The van der Waals surface area contributed by atoms with Gasteiger partial charge < -0.3 is 0 Å². The van der Waals surface area contributed by atoms with Crippen LogP contribution in [0.3, 0.4) is 0 Å². The van der Waals surface area contributed by atoms with Crippen LogP contribution >= 0.6 is 11.3 Å². The average molecular weight is 338 g/mol. The number of rotatable bonds is 7. The van der Waals surface area contributed by atoms with Crippen LogP contribution in [0, 0.1) is 10.1 Å². The maximum atomic E-state index is 12.6. The first kappa shape index (κ1) is 16.3. The van der Waals surface area contributed by atoms with Crippen LogP contribution in [0.4, 0.5) is 5.69 Å². The van der Waals surface area contributed by atoms with Crippen molar-refractivity contribution in [2.24, 2.45) is 0 Å². The molecule has 2 aromatic rings. The third kappa shape index (κ3) is 3.59. The molecule has 0 aliphatic carbocycles. The molecule has 116 valence electrons. The molecule has 1 aromatic heterocycles. The zero-order valence-corrected chi connectivity index (χ0v) is 13.2. The molecule has 6 nitrogen and oxygen atoms in total. The molecule has 0 aliphatic heterocycles. The minimum atomic E-state index is -3.64. The summed E-state index contributed by atoms with van der Waals surface area (Å²) in [6.07, 6.45) is 1.49. The third-order valence-electron chi connectivity index (χ3n) is 2.90. The van der Waals surface area contributed by atoms with Crippen molar-refractivity contribution >= 4 is 27.0 Å².